The Hall–Kier alpha value is 0.100. The molecule has 0 aliphatic carbocycles. The summed E-state index contributed by atoms with van der Waals surface area (Å²) < 4.78 is 36.3. The fourth-order valence-corrected chi connectivity index (χ4v) is 2.53. The van der Waals surface area contributed by atoms with Crippen molar-refractivity contribution in [3.8, 4) is 0 Å². The Morgan fingerprint density at radius 2 is 2.08 bits per heavy atom. The summed E-state index contributed by atoms with van der Waals surface area (Å²) in [5, 5.41) is 0. The molecule has 5 heteroatoms. The summed E-state index contributed by atoms with van der Waals surface area (Å²) in [6.45, 7) is 0. The van der Waals surface area contributed by atoms with Gasteiger partial charge in [0.2, 0.25) is 0 Å². The van der Waals surface area contributed by atoms with Crippen molar-refractivity contribution in [1.29, 1.82) is 0 Å². The molecule has 1 nitrogen and oxygen atoms in total. The van der Waals surface area contributed by atoms with Crippen LogP contribution in [0.4, 0.5) is 13.2 Å². The quantitative estimate of drug-likeness (QED) is 0.699. The average molecular weight is 199 g/mol. The molecule has 0 aromatic heterocycles. The van der Waals surface area contributed by atoms with Gasteiger partial charge in [-0.3, -0.25) is 0 Å². The predicted molar refractivity (Wildman–Crippen MR) is 44.1 cm³/mol. The second kappa shape index (κ2) is 3.87. The molecule has 0 radical (unpaired) electrons. The summed E-state index contributed by atoms with van der Waals surface area (Å²) in [4.78, 5) is 0. The molecule has 12 heavy (non-hydrogen) atoms. The fraction of sp³-hybridized carbons (Fsp3) is 1.00. The van der Waals surface area contributed by atoms with Gasteiger partial charge in [0.05, 0.1) is 0 Å². The molecule has 1 heterocycles. The molecule has 1 aliphatic rings. The molecule has 0 spiro atoms. The summed E-state index contributed by atoms with van der Waals surface area (Å²) in [5.41, 5.74) is 5.09. The number of hydrogen-bond acceptors (Lipinski definition) is 2. The van der Waals surface area contributed by atoms with Crippen LogP contribution in [-0.2, 0) is 0 Å². The highest BCUT2D eigenvalue weighted by Gasteiger charge is 2.42. The lowest BCUT2D eigenvalue weighted by atomic mass is 9.97. The molecular formula is C7H12F3NS. The molecule has 1 rings (SSSR count). The summed E-state index contributed by atoms with van der Waals surface area (Å²) in [6, 6.07) is -1.62. The van der Waals surface area contributed by atoms with Gasteiger partial charge in [0.25, 0.3) is 0 Å². The van der Waals surface area contributed by atoms with Crippen molar-refractivity contribution in [2.45, 2.75) is 25.1 Å². The van der Waals surface area contributed by atoms with E-state index in [4.69, 9.17) is 5.73 Å². The third-order valence-corrected chi connectivity index (χ3v) is 3.32. The molecule has 1 fully saturated rings. The van der Waals surface area contributed by atoms with Crippen LogP contribution in [0.15, 0.2) is 0 Å². The predicted octanol–water partition coefficient (Wildman–Crippen LogP) is 2.02. The molecule has 2 N–H and O–H groups in total. The van der Waals surface area contributed by atoms with E-state index in [1.54, 1.807) is 11.8 Å². The normalized spacial score (nSPS) is 28.5. The van der Waals surface area contributed by atoms with Crippen LogP contribution < -0.4 is 5.73 Å². The number of alkyl halides is 3. The molecule has 2 atom stereocenters. The van der Waals surface area contributed by atoms with E-state index in [2.05, 4.69) is 0 Å². The highest BCUT2D eigenvalue weighted by atomic mass is 32.2. The maximum atomic E-state index is 12.1. The smallest absolute Gasteiger partial charge is 0.320 e. The molecule has 2 unspecified atom stereocenters. The van der Waals surface area contributed by atoms with E-state index in [1.807, 2.05) is 0 Å². The Kier molecular flexibility index (Phi) is 3.29. The number of thioether (sulfide) groups is 1. The highest BCUT2D eigenvalue weighted by molar-refractivity contribution is 7.99. The van der Waals surface area contributed by atoms with Crippen LogP contribution in [-0.4, -0.2) is 23.7 Å². The number of rotatable bonds is 1. The van der Waals surface area contributed by atoms with E-state index < -0.39 is 12.2 Å². The van der Waals surface area contributed by atoms with Gasteiger partial charge in [-0.2, -0.15) is 24.9 Å². The van der Waals surface area contributed by atoms with Crippen molar-refractivity contribution in [1.82, 2.24) is 0 Å². The van der Waals surface area contributed by atoms with Crippen molar-refractivity contribution in [3.05, 3.63) is 0 Å². The standard InChI is InChI=1S/C7H12F3NS/c8-7(9,10)6(11)5-2-1-3-12-4-5/h5-6H,1-4,11H2. The van der Waals surface area contributed by atoms with E-state index in [0.717, 1.165) is 12.2 Å². The zero-order valence-electron chi connectivity index (χ0n) is 6.60. The first-order valence-corrected chi connectivity index (χ1v) is 5.07. The van der Waals surface area contributed by atoms with Crippen LogP contribution in [0.1, 0.15) is 12.8 Å². The Morgan fingerprint density at radius 1 is 1.42 bits per heavy atom. The van der Waals surface area contributed by atoms with Gasteiger partial charge in [0.15, 0.2) is 0 Å². The number of nitrogens with two attached hydrogens (primary N) is 1. The van der Waals surface area contributed by atoms with Gasteiger partial charge in [-0.1, -0.05) is 0 Å². The minimum Gasteiger partial charge on any atom is -0.320 e. The lowest BCUT2D eigenvalue weighted by Gasteiger charge is -2.28. The van der Waals surface area contributed by atoms with Crippen LogP contribution >= 0.6 is 11.8 Å². The Bertz CT molecular complexity index is 142. The molecule has 0 saturated carbocycles. The van der Waals surface area contributed by atoms with Crippen molar-refractivity contribution in [2.24, 2.45) is 11.7 Å². The van der Waals surface area contributed by atoms with Crippen molar-refractivity contribution in [2.75, 3.05) is 11.5 Å². The topological polar surface area (TPSA) is 26.0 Å². The SMILES string of the molecule is NC(C1CCCSC1)C(F)(F)F. The van der Waals surface area contributed by atoms with E-state index >= 15 is 0 Å². The highest BCUT2D eigenvalue weighted by Crippen LogP contribution is 2.31. The molecule has 72 valence electrons. The molecule has 0 bridgehead atoms. The van der Waals surface area contributed by atoms with Gasteiger partial charge in [-0.05, 0) is 30.3 Å². The van der Waals surface area contributed by atoms with E-state index in [-0.39, 0.29) is 5.92 Å². The van der Waals surface area contributed by atoms with E-state index in [1.165, 1.54) is 0 Å². The summed E-state index contributed by atoms with van der Waals surface area (Å²) in [6.07, 6.45) is -2.74. The number of halogens is 3. The molecule has 1 saturated heterocycles. The Morgan fingerprint density at radius 3 is 2.50 bits per heavy atom. The first-order valence-electron chi connectivity index (χ1n) is 3.92. The van der Waals surface area contributed by atoms with Gasteiger partial charge < -0.3 is 5.73 Å². The van der Waals surface area contributed by atoms with Crippen molar-refractivity contribution >= 4 is 11.8 Å². The maximum absolute atomic E-state index is 12.1. The van der Waals surface area contributed by atoms with Gasteiger partial charge in [-0.15, -0.1) is 0 Å². The maximum Gasteiger partial charge on any atom is 0.403 e. The first kappa shape index (κ1) is 10.2. The van der Waals surface area contributed by atoms with Gasteiger partial charge in [-0.25, -0.2) is 0 Å². The van der Waals surface area contributed by atoms with Gasteiger partial charge >= 0.3 is 6.18 Å². The first-order chi connectivity index (χ1) is 5.52. The third-order valence-electron chi connectivity index (χ3n) is 2.08. The monoisotopic (exact) mass is 199 g/mol. The summed E-state index contributed by atoms with van der Waals surface area (Å²) >= 11 is 1.57. The lowest BCUT2D eigenvalue weighted by Crippen LogP contribution is -2.45. The van der Waals surface area contributed by atoms with Gasteiger partial charge in [0.1, 0.15) is 6.04 Å². The molecule has 0 aromatic carbocycles. The second-order valence-corrected chi connectivity index (χ2v) is 4.19. The van der Waals surface area contributed by atoms with Crippen LogP contribution in [0, 0.1) is 5.92 Å². The molecular weight excluding hydrogens is 187 g/mol. The summed E-state index contributed by atoms with van der Waals surface area (Å²) in [7, 11) is 0. The second-order valence-electron chi connectivity index (χ2n) is 3.04. The zero-order chi connectivity index (χ0) is 9.19. The van der Waals surface area contributed by atoms with Crippen LogP contribution in [0.3, 0.4) is 0 Å². The minimum atomic E-state index is -4.22. The van der Waals surface area contributed by atoms with Crippen LogP contribution in [0.25, 0.3) is 0 Å². The zero-order valence-corrected chi connectivity index (χ0v) is 7.42. The fourth-order valence-electron chi connectivity index (χ4n) is 1.32. The largest absolute Gasteiger partial charge is 0.403 e. The molecule has 0 amide bonds. The van der Waals surface area contributed by atoms with Crippen LogP contribution in [0.5, 0.6) is 0 Å². The minimum absolute atomic E-state index is 0.372. The van der Waals surface area contributed by atoms with Crippen molar-refractivity contribution < 1.29 is 13.2 Å². The van der Waals surface area contributed by atoms with E-state index in [9.17, 15) is 13.2 Å². The van der Waals surface area contributed by atoms with Crippen LogP contribution in [0.2, 0.25) is 0 Å². The third kappa shape index (κ3) is 2.55. The average Bonchev–Trinajstić information content (AvgIpc) is 2.03. The number of hydrogen-bond donors (Lipinski definition) is 1. The Labute approximate surface area is 73.9 Å². The Balaban J connectivity index is 2.45. The molecule has 1 aliphatic heterocycles. The molecule has 0 aromatic rings. The van der Waals surface area contributed by atoms with Gasteiger partial charge in [0, 0.05) is 0 Å². The lowest BCUT2D eigenvalue weighted by molar-refractivity contribution is -0.157. The summed E-state index contributed by atoms with van der Waals surface area (Å²) in [5.74, 6) is 1.16. The van der Waals surface area contributed by atoms with E-state index in [0.29, 0.717) is 12.2 Å². The van der Waals surface area contributed by atoms with Crippen molar-refractivity contribution in [3.63, 3.8) is 0 Å².